The van der Waals surface area contributed by atoms with Gasteiger partial charge >= 0.3 is 0 Å². The first-order valence-corrected chi connectivity index (χ1v) is 8.25. The molecule has 2 aromatic carbocycles. The van der Waals surface area contributed by atoms with Crippen molar-refractivity contribution in [3.63, 3.8) is 0 Å². The van der Waals surface area contributed by atoms with Gasteiger partial charge in [-0.2, -0.15) is 0 Å². The molecule has 0 saturated carbocycles. The Bertz CT molecular complexity index is 841. The SMILES string of the molecule is O=C(NC1CCCN(C(=O)c2ccc(F)c(F)c2)C1)c1ccccc1F. The predicted molar refractivity (Wildman–Crippen MR) is 89.1 cm³/mol. The third-order valence-electron chi connectivity index (χ3n) is 4.33. The van der Waals surface area contributed by atoms with Crippen LogP contribution in [0.3, 0.4) is 0 Å². The Labute approximate surface area is 148 Å². The van der Waals surface area contributed by atoms with Crippen molar-refractivity contribution in [1.82, 2.24) is 10.2 Å². The van der Waals surface area contributed by atoms with E-state index < -0.39 is 29.3 Å². The van der Waals surface area contributed by atoms with Gasteiger partial charge in [0.05, 0.1) is 5.56 Å². The summed E-state index contributed by atoms with van der Waals surface area (Å²) in [7, 11) is 0. The molecule has 1 unspecified atom stereocenters. The highest BCUT2D eigenvalue weighted by Crippen LogP contribution is 2.17. The standard InChI is InChI=1S/C19H17F3N2O2/c20-15-6-2-1-5-14(15)18(25)23-13-4-3-9-24(11-13)19(26)12-7-8-16(21)17(22)10-12/h1-2,5-8,10,13H,3-4,9,11H2,(H,23,25). The van der Waals surface area contributed by atoms with Crippen LogP contribution in [0.4, 0.5) is 13.2 Å². The molecule has 26 heavy (non-hydrogen) atoms. The van der Waals surface area contributed by atoms with Crippen LogP contribution >= 0.6 is 0 Å². The van der Waals surface area contributed by atoms with Crippen molar-refractivity contribution < 1.29 is 22.8 Å². The summed E-state index contributed by atoms with van der Waals surface area (Å²) in [4.78, 5) is 26.2. The minimum absolute atomic E-state index is 0.0463. The van der Waals surface area contributed by atoms with Gasteiger partial charge in [0, 0.05) is 24.7 Å². The minimum Gasteiger partial charge on any atom is -0.347 e. The number of nitrogens with one attached hydrogen (secondary N) is 1. The molecule has 2 amide bonds. The van der Waals surface area contributed by atoms with Crippen LogP contribution in [0.1, 0.15) is 33.6 Å². The van der Waals surface area contributed by atoms with Crippen molar-refractivity contribution in [1.29, 1.82) is 0 Å². The highest BCUT2D eigenvalue weighted by Gasteiger charge is 2.26. The summed E-state index contributed by atoms with van der Waals surface area (Å²) in [5.41, 5.74) is -0.0125. The molecule has 4 nitrogen and oxygen atoms in total. The van der Waals surface area contributed by atoms with Crippen molar-refractivity contribution in [3.8, 4) is 0 Å². The normalized spacial score (nSPS) is 17.0. The van der Waals surface area contributed by atoms with Gasteiger partial charge in [-0.15, -0.1) is 0 Å². The van der Waals surface area contributed by atoms with Crippen LogP contribution in [0.5, 0.6) is 0 Å². The molecular weight excluding hydrogens is 345 g/mol. The maximum atomic E-state index is 13.7. The van der Waals surface area contributed by atoms with Crippen LogP contribution < -0.4 is 5.32 Å². The van der Waals surface area contributed by atoms with E-state index in [4.69, 9.17) is 0 Å². The van der Waals surface area contributed by atoms with Crippen molar-refractivity contribution in [2.75, 3.05) is 13.1 Å². The van der Waals surface area contributed by atoms with Gasteiger partial charge in [0.15, 0.2) is 11.6 Å². The number of rotatable bonds is 3. The average Bonchev–Trinajstić information content (AvgIpc) is 2.64. The maximum absolute atomic E-state index is 13.7. The number of carbonyl (C=O) groups excluding carboxylic acids is 2. The molecule has 1 atom stereocenters. The first-order chi connectivity index (χ1) is 12.5. The zero-order valence-corrected chi connectivity index (χ0v) is 13.8. The van der Waals surface area contributed by atoms with Gasteiger partial charge in [0.2, 0.25) is 0 Å². The molecule has 7 heteroatoms. The van der Waals surface area contributed by atoms with Gasteiger partial charge in [-0.25, -0.2) is 13.2 Å². The summed E-state index contributed by atoms with van der Waals surface area (Å²) in [5, 5.41) is 2.73. The van der Waals surface area contributed by atoms with Crippen LogP contribution in [-0.2, 0) is 0 Å². The fraction of sp³-hybridized carbons (Fsp3) is 0.263. The van der Waals surface area contributed by atoms with Crippen molar-refractivity contribution >= 4 is 11.8 Å². The Kier molecular flexibility index (Phi) is 5.25. The molecule has 2 aromatic rings. The second-order valence-electron chi connectivity index (χ2n) is 6.17. The van der Waals surface area contributed by atoms with E-state index in [1.165, 1.54) is 29.2 Å². The van der Waals surface area contributed by atoms with Gasteiger partial charge in [0.1, 0.15) is 5.82 Å². The Morgan fingerprint density at radius 2 is 1.77 bits per heavy atom. The van der Waals surface area contributed by atoms with E-state index in [-0.39, 0.29) is 23.7 Å². The van der Waals surface area contributed by atoms with Gasteiger partial charge < -0.3 is 10.2 Å². The Hall–Kier alpha value is -2.83. The molecule has 0 spiro atoms. The molecule has 0 aromatic heterocycles. The van der Waals surface area contributed by atoms with Gasteiger partial charge in [-0.05, 0) is 43.2 Å². The smallest absolute Gasteiger partial charge is 0.254 e. The number of benzene rings is 2. The first kappa shape index (κ1) is 18.0. The molecule has 0 radical (unpaired) electrons. The second-order valence-corrected chi connectivity index (χ2v) is 6.17. The van der Waals surface area contributed by atoms with Gasteiger partial charge in [0.25, 0.3) is 11.8 Å². The quantitative estimate of drug-likeness (QED) is 0.912. The van der Waals surface area contributed by atoms with Crippen molar-refractivity contribution in [3.05, 3.63) is 71.0 Å². The van der Waals surface area contributed by atoms with Crippen molar-refractivity contribution in [2.24, 2.45) is 0 Å². The molecule has 1 heterocycles. The monoisotopic (exact) mass is 362 g/mol. The fourth-order valence-electron chi connectivity index (χ4n) is 3.00. The number of halogens is 3. The number of hydrogen-bond acceptors (Lipinski definition) is 2. The lowest BCUT2D eigenvalue weighted by molar-refractivity contribution is 0.0675. The van der Waals surface area contributed by atoms with Crippen LogP contribution in [0.25, 0.3) is 0 Å². The van der Waals surface area contributed by atoms with Crippen LogP contribution in [0.2, 0.25) is 0 Å². The second kappa shape index (κ2) is 7.59. The van der Waals surface area contributed by atoms with Gasteiger partial charge in [-0.1, -0.05) is 12.1 Å². The number of nitrogens with zero attached hydrogens (tertiary/aromatic N) is 1. The highest BCUT2D eigenvalue weighted by atomic mass is 19.2. The average molecular weight is 362 g/mol. The Morgan fingerprint density at radius 3 is 2.50 bits per heavy atom. The number of carbonyl (C=O) groups is 2. The summed E-state index contributed by atoms with van der Waals surface area (Å²) in [6.07, 6.45) is 1.28. The molecule has 1 fully saturated rings. The molecular formula is C19H17F3N2O2. The van der Waals surface area contributed by atoms with Crippen molar-refractivity contribution in [2.45, 2.75) is 18.9 Å². The van der Waals surface area contributed by atoms with E-state index in [9.17, 15) is 22.8 Å². The fourth-order valence-corrected chi connectivity index (χ4v) is 3.00. The molecule has 0 bridgehead atoms. The third kappa shape index (κ3) is 3.87. The lowest BCUT2D eigenvalue weighted by Crippen LogP contribution is -2.49. The largest absolute Gasteiger partial charge is 0.347 e. The summed E-state index contributed by atoms with van der Waals surface area (Å²) >= 11 is 0. The Morgan fingerprint density at radius 1 is 1.00 bits per heavy atom. The number of likely N-dealkylation sites (tertiary alicyclic amines) is 1. The van der Waals surface area contributed by atoms with Crippen LogP contribution in [0.15, 0.2) is 42.5 Å². The minimum atomic E-state index is -1.09. The Balaban J connectivity index is 1.67. The summed E-state index contributed by atoms with van der Waals surface area (Å²) in [6, 6.07) is 8.30. The first-order valence-electron chi connectivity index (χ1n) is 8.25. The number of amides is 2. The van der Waals surface area contributed by atoms with Gasteiger partial charge in [-0.3, -0.25) is 9.59 Å². The zero-order valence-electron chi connectivity index (χ0n) is 13.8. The topological polar surface area (TPSA) is 49.4 Å². The van der Waals surface area contributed by atoms with Crippen LogP contribution in [-0.4, -0.2) is 35.8 Å². The number of hydrogen-bond donors (Lipinski definition) is 1. The molecule has 1 aliphatic rings. The lowest BCUT2D eigenvalue weighted by atomic mass is 10.0. The highest BCUT2D eigenvalue weighted by molar-refractivity contribution is 5.95. The molecule has 1 saturated heterocycles. The molecule has 136 valence electrons. The van der Waals surface area contributed by atoms with E-state index in [0.29, 0.717) is 19.4 Å². The summed E-state index contributed by atoms with van der Waals surface area (Å²) in [5.74, 6) is -3.70. The summed E-state index contributed by atoms with van der Waals surface area (Å²) in [6.45, 7) is 0.669. The third-order valence-corrected chi connectivity index (χ3v) is 4.33. The lowest BCUT2D eigenvalue weighted by Gasteiger charge is -2.33. The number of piperidine rings is 1. The molecule has 0 aliphatic carbocycles. The van der Waals surface area contributed by atoms with E-state index in [2.05, 4.69) is 5.32 Å². The summed E-state index contributed by atoms with van der Waals surface area (Å²) < 4.78 is 40.1. The maximum Gasteiger partial charge on any atom is 0.254 e. The van der Waals surface area contributed by atoms with Crippen LogP contribution in [0, 0.1) is 17.5 Å². The van der Waals surface area contributed by atoms with E-state index in [1.807, 2.05) is 0 Å². The van der Waals surface area contributed by atoms with E-state index >= 15 is 0 Å². The molecule has 3 rings (SSSR count). The van der Waals surface area contributed by atoms with E-state index in [1.54, 1.807) is 6.07 Å². The zero-order chi connectivity index (χ0) is 18.7. The molecule has 1 aliphatic heterocycles. The molecule has 1 N–H and O–H groups in total. The van der Waals surface area contributed by atoms with E-state index in [0.717, 1.165) is 12.1 Å². The predicted octanol–water partition coefficient (Wildman–Crippen LogP) is 3.14.